The summed E-state index contributed by atoms with van der Waals surface area (Å²) in [7, 11) is -3.49. The molecule has 0 spiro atoms. The van der Waals surface area contributed by atoms with Crippen molar-refractivity contribution in [1.82, 2.24) is 10.6 Å². The molecule has 0 aromatic heterocycles. The Hall–Kier alpha value is -0.660. The maximum atomic E-state index is 11.1. The third-order valence-corrected chi connectivity index (χ3v) is 2.71. The van der Waals surface area contributed by atoms with Crippen molar-refractivity contribution in [3.05, 3.63) is 0 Å². The molecule has 0 rings (SSSR count). The van der Waals surface area contributed by atoms with Gasteiger partial charge in [-0.3, -0.25) is 4.79 Å². The van der Waals surface area contributed by atoms with Crippen molar-refractivity contribution in [2.45, 2.75) is 26.3 Å². The molecule has 1 amide bonds. The normalized spacial score (nSPS) is 13.5. The molecule has 0 fully saturated rings. The van der Waals surface area contributed by atoms with E-state index in [2.05, 4.69) is 10.6 Å². The second-order valence-electron chi connectivity index (χ2n) is 3.41. The fourth-order valence-corrected chi connectivity index (χ4v) is 1.19. The number of nitrogens with two attached hydrogens (primary N) is 1. The van der Waals surface area contributed by atoms with Crippen molar-refractivity contribution in [2.75, 3.05) is 18.8 Å². The largest absolute Gasteiger partial charge is 0.354 e. The Kier molecular flexibility index (Phi) is 6.46. The van der Waals surface area contributed by atoms with Crippen LogP contribution < -0.4 is 15.8 Å². The van der Waals surface area contributed by atoms with Crippen molar-refractivity contribution in [3.8, 4) is 0 Å². The van der Waals surface area contributed by atoms with Crippen LogP contribution in [0.2, 0.25) is 0 Å². The lowest BCUT2D eigenvalue weighted by Gasteiger charge is -2.10. The first-order chi connectivity index (χ1) is 6.85. The molecule has 0 aromatic rings. The molecule has 0 bridgehead atoms. The van der Waals surface area contributed by atoms with Crippen molar-refractivity contribution in [2.24, 2.45) is 5.14 Å². The number of sulfonamides is 1. The second kappa shape index (κ2) is 6.76. The Balaban J connectivity index is 3.59. The number of carbonyl (C=O) groups is 1. The number of hydrogen-bond acceptors (Lipinski definition) is 4. The minimum absolute atomic E-state index is 0.0554. The number of nitrogens with one attached hydrogen (secondary N) is 2. The van der Waals surface area contributed by atoms with E-state index in [-0.39, 0.29) is 30.8 Å². The van der Waals surface area contributed by atoms with Crippen LogP contribution in [0.15, 0.2) is 0 Å². The Morgan fingerprint density at radius 2 is 2.07 bits per heavy atom. The summed E-state index contributed by atoms with van der Waals surface area (Å²) in [5.41, 5.74) is 0. The summed E-state index contributed by atoms with van der Waals surface area (Å²) >= 11 is 0. The maximum Gasteiger partial charge on any atom is 0.233 e. The van der Waals surface area contributed by atoms with E-state index in [1.165, 1.54) is 0 Å². The standard InChI is InChI=1S/C8H19N3O3S/c1-3-7(2)11-6-8(12)10-4-5-15(9,13)14/h7,11H,3-6H2,1-2H3,(H,10,12)(H2,9,13,14). The van der Waals surface area contributed by atoms with Gasteiger partial charge in [0.2, 0.25) is 15.9 Å². The smallest absolute Gasteiger partial charge is 0.233 e. The fraction of sp³-hybridized carbons (Fsp3) is 0.875. The fourth-order valence-electron chi connectivity index (χ4n) is 0.806. The van der Waals surface area contributed by atoms with Gasteiger partial charge in [0.1, 0.15) is 0 Å². The van der Waals surface area contributed by atoms with Gasteiger partial charge in [0.15, 0.2) is 0 Å². The van der Waals surface area contributed by atoms with E-state index in [4.69, 9.17) is 5.14 Å². The number of rotatable bonds is 7. The molecule has 1 atom stereocenters. The molecule has 90 valence electrons. The topological polar surface area (TPSA) is 101 Å². The van der Waals surface area contributed by atoms with Gasteiger partial charge < -0.3 is 10.6 Å². The molecule has 4 N–H and O–H groups in total. The first kappa shape index (κ1) is 14.3. The number of primary sulfonamides is 1. The van der Waals surface area contributed by atoms with Gasteiger partial charge in [-0.05, 0) is 13.3 Å². The first-order valence-electron chi connectivity index (χ1n) is 4.85. The van der Waals surface area contributed by atoms with Crippen LogP contribution in [-0.4, -0.2) is 39.2 Å². The summed E-state index contributed by atoms with van der Waals surface area (Å²) < 4.78 is 21.1. The molecule has 6 nitrogen and oxygen atoms in total. The monoisotopic (exact) mass is 237 g/mol. The molecule has 0 aliphatic carbocycles. The van der Waals surface area contributed by atoms with E-state index in [0.717, 1.165) is 6.42 Å². The van der Waals surface area contributed by atoms with Crippen LogP contribution in [0.1, 0.15) is 20.3 Å². The minimum Gasteiger partial charge on any atom is -0.354 e. The third kappa shape index (κ3) is 9.64. The molecule has 1 unspecified atom stereocenters. The highest BCUT2D eigenvalue weighted by molar-refractivity contribution is 7.89. The van der Waals surface area contributed by atoms with E-state index >= 15 is 0 Å². The zero-order chi connectivity index (χ0) is 11.9. The molecule has 0 heterocycles. The summed E-state index contributed by atoms with van der Waals surface area (Å²) in [6.45, 7) is 4.23. The molecule has 15 heavy (non-hydrogen) atoms. The molecule has 0 radical (unpaired) electrons. The van der Waals surface area contributed by atoms with Crippen LogP contribution in [0.4, 0.5) is 0 Å². The predicted molar refractivity (Wildman–Crippen MR) is 58.7 cm³/mol. The highest BCUT2D eigenvalue weighted by Gasteiger charge is 2.06. The predicted octanol–water partition coefficient (Wildman–Crippen LogP) is -1.22. The zero-order valence-electron chi connectivity index (χ0n) is 9.12. The average molecular weight is 237 g/mol. The van der Waals surface area contributed by atoms with E-state index in [0.29, 0.717) is 0 Å². The number of carbonyl (C=O) groups excluding carboxylic acids is 1. The van der Waals surface area contributed by atoms with Crippen LogP contribution in [0.3, 0.4) is 0 Å². The van der Waals surface area contributed by atoms with Crippen molar-refractivity contribution in [1.29, 1.82) is 0 Å². The average Bonchev–Trinajstić information content (AvgIpc) is 2.12. The molecule has 0 aromatic carbocycles. The van der Waals surface area contributed by atoms with E-state index in [9.17, 15) is 13.2 Å². The first-order valence-corrected chi connectivity index (χ1v) is 6.57. The van der Waals surface area contributed by atoms with Gasteiger partial charge in [-0.15, -0.1) is 0 Å². The molecule has 7 heteroatoms. The van der Waals surface area contributed by atoms with Crippen molar-refractivity contribution in [3.63, 3.8) is 0 Å². The van der Waals surface area contributed by atoms with Crippen molar-refractivity contribution < 1.29 is 13.2 Å². The van der Waals surface area contributed by atoms with Crippen LogP contribution >= 0.6 is 0 Å². The van der Waals surface area contributed by atoms with Gasteiger partial charge in [-0.1, -0.05) is 6.92 Å². The Morgan fingerprint density at radius 1 is 1.47 bits per heavy atom. The maximum absolute atomic E-state index is 11.1. The molecular formula is C8H19N3O3S. The lowest BCUT2D eigenvalue weighted by Crippen LogP contribution is -2.39. The molecule has 0 aliphatic heterocycles. The Morgan fingerprint density at radius 3 is 2.53 bits per heavy atom. The SMILES string of the molecule is CCC(C)NCC(=O)NCCS(N)(=O)=O. The third-order valence-electron chi connectivity index (χ3n) is 1.93. The summed E-state index contributed by atoms with van der Waals surface area (Å²) in [5, 5.41) is 10.2. The summed E-state index contributed by atoms with van der Waals surface area (Å²) in [6.07, 6.45) is 0.935. The Bertz CT molecular complexity index is 290. The zero-order valence-corrected chi connectivity index (χ0v) is 9.93. The molecule has 0 aliphatic rings. The molecule has 0 saturated heterocycles. The number of hydrogen-bond donors (Lipinski definition) is 3. The van der Waals surface area contributed by atoms with Crippen LogP contribution in [0.5, 0.6) is 0 Å². The van der Waals surface area contributed by atoms with Crippen LogP contribution in [0.25, 0.3) is 0 Å². The van der Waals surface area contributed by atoms with Gasteiger partial charge in [0, 0.05) is 12.6 Å². The number of amides is 1. The van der Waals surface area contributed by atoms with E-state index in [1.807, 2.05) is 13.8 Å². The summed E-state index contributed by atoms with van der Waals surface area (Å²) in [5.74, 6) is -0.457. The highest BCUT2D eigenvalue weighted by Crippen LogP contribution is 1.85. The van der Waals surface area contributed by atoms with E-state index < -0.39 is 10.0 Å². The van der Waals surface area contributed by atoms with Gasteiger partial charge >= 0.3 is 0 Å². The Labute approximate surface area is 90.7 Å². The second-order valence-corrected chi connectivity index (χ2v) is 5.14. The lowest BCUT2D eigenvalue weighted by atomic mass is 10.2. The van der Waals surface area contributed by atoms with Gasteiger partial charge in [0.25, 0.3) is 0 Å². The highest BCUT2D eigenvalue weighted by atomic mass is 32.2. The van der Waals surface area contributed by atoms with Crippen LogP contribution in [-0.2, 0) is 14.8 Å². The lowest BCUT2D eigenvalue weighted by molar-refractivity contribution is -0.120. The summed E-state index contributed by atoms with van der Waals surface area (Å²) in [4.78, 5) is 11.1. The molecular weight excluding hydrogens is 218 g/mol. The van der Waals surface area contributed by atoms with Gasteiger partial charge in [-0.25, -0.2) is 13.6 Å². The summed E-state index contributed by atoms with van der Waals surface area (Å²) in [6, 6.07) is 0.272. The van der Waals surface area contributed by atoms with Crippen molar-refractivity contribution >= 4 is 15.9 Å². The van der Waals surface area contributed by atoms with E-state index in [1.54, 1.807) is 0 Å². The quantitative estimate of drug-likeness (QED) is 0.516. The van der Waals surface area contributed by atoms with Gasteiger partial charge in [0.05, 0.1) is 12.3 Å². The van der Waals surface area contributed by atoms with Crippen LogP contribution in [0, 0.1) is 0 Å². The minimum atomic E-state index is -3.49. The molecule has 0 saturated carbocycles. The van der Waals surface area contributed by atoms with Gasteiger partial charge in [-0.2, -0.15) is 0 Å².